The molecule has 178 valence electrons. The summed E-state index contributed by atoms with van der Waals surface area (Å²) in [5, 5.41) is 11.4. The fourth-order valence-corrected chi connectivity index (χ4v) is 5.22. The highest BCUT2D eigenvalue weighted by molar-refractivity contribution is 5.95. The van der Waals surface area contributed by atoms with Crippen molar-refractivity contribution >= 4 is 16.9 Å². The Hall–Kier alpha value is -3.81. The van der Waals surface area contributed by atoms with Gasteiger partial charge >= 0.3 is 5.97 Å². The first-order chi connectivity index (χ1) is 17.2. The molecule has 1 fully saturated rings. The van der Waals surface area contributed by atoms with Crippen LogP contribution in [0.15, 0.2) is 72.8 Å². The number of carbonyl (C=O) groups is 1. The molecule has 0 unspecified atom stereocenters. The second-order valence-electron chi connectivity index (χ2n) is 9.07. The fraction of sp³-hybridized carbons (Fsp3) is 0.250. The van der Waals surface area contributed by atoms with E-state index in [0.717, 1.165) is 58.9 Å². The van der Waals surface area contributed by atoms with Crippen molar-refractivity contribution < 1.29 is 19.4 Å². The molecule has 3 aromatic carbocycles. The lowest BCUT2D eigenvalue weighted by Gasteiger charge is -2.38. The van der Waals surface area contributed by atoms with Crippen LogP contribution in [0.5, 0.6) is 11.5 Å². The number of nitrogens with one attached hydrogen (secondary N) is 1. The number of aromatic amines is 1. The molecule has 2 aliphatic heterocycles. The normalized spacial score (nSPS) is 17.0. The van der Waals surface area contributed by atoms with E-state index in [4.69, 9.17) is 9.47 Å². The number of hydrogen-bond acceptors (Lipinski definition) is 5. The van der Waals surface area contributed by atoms with Gasteiger partial charge in [-0.1, -0.05) is 54.6 Å². The number of benzene rings is 3. The highest BCUT2D eigenvalue weighted by Gasteiger charge is 2.34. The van der Waals surface area contributed by atoms with E-state index in [9.17, 15) is 9.90 Å². The van der Waals surface area contributed by atoms with E-state index in [-0.39, 0.29) is 6.79 Å². The summed E-state index contributed by atoms with van der Waals surface area (Å²) in [4.78, 5) is 20.7. The standard InChI is InChI=1S/C28H27N3O4/c32-28(33)27(25-21-8-4-5-9-22(21)29-26(25)20-6-2-1-3-7-20)31-14-12-30(13-15-31)17-19-10-11-23-24(16-19)35-18-34-23/h1-11,16,27,29H,12-15,17-18H2,(H,32,33)/t27-/m0/s1. The molecule has 7 nitrogen and oxygen atoms in total. The molecule has 6 rings (SSSR count). The molecule has 4 aromatic rings. The lowest BCUT2D eigenvalue weighted by molar-refractivity contribution is -0.144. The van der Waals surface area contributed by atoms with Gasteiger partial charge in [-0.05, 0) is 29.3 Å². The predicted octanol–water partition coefficient (Wildman–Crippen LogP) is 4.51. The van der Waals surface area contributed by atoms with Crippen LogP contribution < -0.4 is 9.47 Å². The van der Waals surface area contributed by atoms with Crippen molar-refractivity contribution in [2.75, 3.05) is 33.0 Å². The van der Waals surface area contributed by atoms with Gasteiger partial charge < -0.3 is 19.6 Å². The molecule has 0 aliphatic carbocycles. The van der Waals surface area contributed by atoms with E-state index in [1.807, 2.05) is 66.7 Å². The van der Waals surface area contributed by atoms with Crippen molar-refractivity contribution in [2.24, 2.45) is 0 Å². The number of aliphatic carboxylic acids is 1. The zero-order chi connectivity index (χ0) is 23.8. The number of fused-ring (bicyclic) bond motifs is 2. The van der Waals surface area contributed by atoms with Crippen LogP contribution in [0.1, 0.15) is 17.2 Å². The van der Waals surface area contributed by atoms with Gasteiger partial charge in [-0.15, -0.1) is 0 Å². The minimum atomic E-state index is -0.823. The molecule has 2 aliphatic rings. The van der Waals surface area contributed by atoms with Gasteiger partial charge in [0.15, 0.2) is 11.5 Å². The Morgan fingerprint density at radius 2 is 1.66 bits per heavy atom. The van der Waals surface area contributed by atoms with Crippen LogP contribution in [0.2, 0.25) is 0 Å². The summed E-state index contributed by atoms with van der Waals surface area (Å²) in [6.45, 7) is 4.00. The van der Waals surface area contributed by atoms with Crippen molar-refractivity contribution in [1.82, 2.24) is 14.8 Å². The average molecular weight is 470 g/mol. The number of rotatable bonds is 6. The number of carboxylic acids is 1. The second kappa shape index (κ2) is 9.09. The van der Waals surface area contributed by atoms with Crippen molar-refractivity contribution in [3.63, 3.8) is 0 Å². The van der Waals surface area contributed by atoms with E-state index in [0.29, 0.717) is 13.1 Å². The Bertz CT molecular complexity index is 1360. The molecule has 3 heterocycles. The largest absolute Gasteiger partial charge is 0.480 e. The predicted molar refractivity (Wildman–Crippen MR) is 134 cm³/mol. The number of hydrogen-bond donors (Lipinski definition) is 2. The molecular formula is C28H27N3O4. The molecule has 0 spiro atoms. The first kappa shape index (κ1) is 21.7. The van der Waals surface area contributed by atoms with Crippen molar-refractivity contribution in [2.45, 2.75) is 12.6 Å². The number of carboxylic acid groups (broad SMARTS) is 1. The van der Waals surface area contributed by atoms with Gasteiger partial charge in [-0.3, -0.25) is 14.6 Å². The Morgan fingerprint density at radius 1 is 0.914 bits per heavy atom. The minimum Gasteiger partial charge on any atom is -0.480 e. The van der Waals surface area contributed by atoms with Crippen LogP contribution in [-0.4, -0.2) is 58.8 Å². The number of para-hydroxylation sites is 1. The number of nitrogens with zero attached hydrogens (tertiary/aromatic N) is 2. The van der Waals surface area contributed by atoms with E-state index in [2.05, 4.69) is 20.9 Å². The molecule has 0 saturated carbocycles. The Labute approximate surface area is 203 Å². The molecule has 1 aromatic heterocycles. The summed E-state index contributed by atoms with van der Waals surface area (Å²) in [5.74, 6) is 0.756. The van der Waals surface area contributed by atoms with Gasteiger partial charge in [0, 0.05) is 49.2 Å². The maximum absolute atomic E-state index is 12.7. The number of H-pyrrole nitrogens is 1. The van der Waals surface area contributed by atoms with Crippen LogP contribution >= 0.6 is 0 Å². The van der Waals surface area contributed by atoms with E-state index < -0.39 is 12.0 Å². The Morgan fingerprint density at radius 3 is 2.46 bits per heavy atom. The molecule has 0 radical (unpaired) electrons. The van der Waals surface area contributed by atoms with Gasteiger partial charge in [-0.25, -0.2) is 0 Å². The van der Waals surface area contributed by atoms with Crippen molar-refractivity contribution in [1.29, 1.82) is 0 Å². The summed E-state index contributed by atoms with van der Waals surface area (Å²) in [6, 6.07) is 23.3. The molecule has 0 bridgehead atoms. The third-order valence-electron chi connectivity index (χ3n) is 6.93. The van der Waals surface area contributed by atoms with Gasteiger partial charge in [0.05, 0.1) is 5.69 Å². The SMILES string of the molecule is O=C(O)[C@H](c1c(-c2ccccc2)[nH]c2ccccc12)N1CCN(Cc2ccc3c(c2)OCO3)CC1. The lowest BCUT2D eigenvalue weighted by Crippen LogP contribution is -2.48. The van der Waals surface area contributed by atoms with Gasteiger partial charge in [0.2, 0.25) is 6.79 Å². The molecule has 1 saturated heterocycles. The maximum Gasteiger partial charge on any atom is 0.325 e. The summed E-state index contributed by atoms with van der Waals surface area (Å²) in [7, 11) is 0. The van der Waals surface area contributed by atoms with Crippen LogP contribution in [-0.2, 0) is 11.3 Å². The highest BCUT2D eigenvalue weighted by atomic mass is 16.7. The number of ether oxygens (including phenoxy) is 2. The van der Waals surface area contributed by atoms with Crippen LogP contribution in [0, 0.1) is 0 Å². The Kier molecular flexibility index (Phi) is 5.64. The monoisotopic (exact) mass is 469 g/mol. The summed E-state index contributed by atoms with van der Waals surface area (Å²) in [5.41, 5.74) is 4.83. The molecule has 0 amide bonds. The van der Waals surface area contributed by atoms with E-state index in [1.54, 1.807) is 0 Å². The smallest absolute Gasteiger partial charge is 0.325 e. The second-order valence-corrected chi connectivity index (χ2v) is 9.07. The average Bonchev–Trinajstić information content (AvgIpc) is 3.50. The van der Waals surface area contributed by atoms with Crippen LogP contribution in [0.3, 0.4) is 0 Å². The highest BCUT2D eigenvalue weighted by Crippen LogP contribution is 2.38. The molecule has 7 heteroatoms. The fourth-order valence-electron chi connectivity index (χ4n) is 5.22. The van der Waals surface area contributed by atoms with E-state index >= 15 is 0 Å². The Balaban J connectivity index is 1.26. The van der Waals surface area contributed by atoms with Gasteiger partial charge in [0.25, 0.3) is 0 Å². The summed E-state index contributed by atoms with van der Waals surface area (Å²) >= 11 is 0. The van der Waals surface area contributed by atoms with Crippen LogP contribution in [0.4, 0.5) is 0 Å². The maximum atomic E-state index is 12.7. The van der Waals surface area contributed by atoms with Crippen molar-refractivity contribution in [3.05, 3.63) is 83.9 Å². The quantitative estimate of drug-likeness (QED) is 0.433. The van der Waals surface area contributed by atoms with Crippen LogP contribution in [0.25, 0.3) is 22.2 Å². The summed E-state index contributed by atoms with van der Waals surface area (Å²) in [6.07, 6.45) is 0. The summed E-state index contributed by atoms with van der Waals surface area (Å²) < 4.78 is 10.9. The van der Waals surface area contributed by atoms with Gasteiger partial charge in [0.1, 0.15) is 6.04 Å². The first-order valence-corrected chi connectivity index (χ1v) is 11.9. The first-order valence-electron chi connectivity index (χ1n) is 11.9. The topological polar surface area (TPSA) is 78.0 Å². The third kappa shape index (κ3) is 4.13. The third-order valence-corrected chi connectivity index (χ3v) is 6.93. The number of piperazine rings is 1. The zero-order valence-corrected chi connectivity index (χ0v) is 19.3. The molecule has 35 heavy (non-hydrogen) atoms. The number of aromatic nitrogens is 1. The zero-order valence-electron chi connectivity index (χ0n) is 19.3. The van der Waals surface area contributed by atoms with E-state index in [1.165, 1.54) is 5.56 Å². The van der Waals surface area contributed by atoms with Crippen molar-refractivity contribution in [3.8, 4) is 22.8 Å². The lowest BCUT2D eigenvalue weighted by atomic mass is 9.97. The molecule has 2 N–H and O–H groups in total. The minimum absolute atomic E-state index is 0.271. The van der Waals surface area contributed by atoms with Gasteiger partial charge in [-0.2, -0.15) is 0 Å². The molecular weight excluding hydrogens is 442 g/mol. The molecule has 1 atom stereocenters.